The summed E-state index contributed by atoms with van der Waals surface area (Å²) in [6.07, 6.45) is 0. The molecular weight excluding hydrogens is 250 g/mol. The zero-order valence-corrected chi connectivity index (χ0v) is 9.46. The van der Waals surface area contributed by atoms with Gasteiger partial charge >= 0.3 is 7.69 Å². The topological polar surface area (TPSA) is 49.7 Å². The highest BCUT2D eigenvalue weighted by atomic mass is 35.5. The molecular formula is C10H6BCl2O3. The van der Waals surface area contributed by atoms with Gasteiger partial charge in [-0.25, -0.2) is 0 Å². The lowest BCUT2D eigenvalue weighted by Gasteiger charge is -2.12. The van der Waals surface area contributed by atoms with Crippen LogP contribution in [0.3, 0.4) is 0 Å². The molecule has 0 bridgehead atoms. The van der Waals surface area contributed by atoms with Crippen LogP contribution in [0.15, 0.2) is 24.3 Å². The molecule has 0 amide bonds. The summed E-state index contributed by atoms with van der Waals surface area (Å²) in [7, 11) is 0.437. The molecule has 0 aliphatic rings. The van der Waals surface area contributed by atoms with Gasteiger partial charge < -0.3 is 14.8 Å². The number of aromatic hydroxyl groups is 1. The largest absolute Gasteiger partial charge is 0.569 e. The standard InChI is InChI=1S/C10H6BCl2O3/c12-7-5-3-1-2-4-6(5)8(13)10(9(7)14)16-11-15/h1-4,14-15H. The molecule has 2 aromatic rings. The van der Waals surface area contributed by atoms with Crippen LogP contribution < -0.4 is 4.65 Å². The summed E-state index contributed by atoms with van der Waals surface area (Å²) in [6, 6.07) is 7.04. The Morgan fingerprint density at radius 3 is 2.19 bits per heavy atom. The minimum Gasteiger partial charge on any atom is -0.534 e. The second kappa shape index (κ2) is 4.41. The maximum atomic E-state index is 9.74. The van der Waals surface area contributed by atoms with Gasteiger partial charge in [0.2, 0.25) is 0 Å². The van der Waals surface area contributed by atoms with Crippen molar-refractivity contribution in [2.45, 2.75) is 0 Å². The molecule has 81 valence electrons. The Morgan fingerprint density at radius 1 is 1.06 bits per heavy atom. The highest BCUT2D eigenvalue weighted by Gasteiger charge is 2.17. The summed E-state index contributed by atoms with van der Waals surface area (Å²) in [4.78, 5) is 0. The van der Waals surface area contributed by atoms with Crippen LogP contribution in [-0.2, 0) is 0 Å². The van der Waals surface area contributed by atoms with E-state index in [1.807, 2.05) is 0 Å². The lowest BCUT2D eigenvalue weighted by Crippen LogP contribution is -2.01. The number of benzene rings is 2. The first kappa shape index (κ1) is 11.4. The van der Waals surface area contributed by atoms with E-state index in [1.54, 1.807) is 24.3 Å². The fourth-order valence-electron chi connectivity index (χ4n) is 1.48. The van der Waals surface area contributed by atoms with Crippen molar-refractivity contribution in [1.82, 2.24) is 0 Å². The van der Waals surface area contributed by atoms with Crippen molar-refractivity contribution in [3.63, 3.8) is 0 Å². The van der Waals surface area contributed by atoms with Gasteiger partial charge in [0.1, 0.15) is 0 Å². The Labute approximate surface area is 102 Å². The Kier molecular flexibility index (Phi) is 3.14. The molecule has 0 saturated heterocycles. The highest BCUT2D eigenvalue weighted by Crippen LogP contribution is 2.46. The molecule has 3 nitrogen and oxygen atoms in total. The molecule has 0 spiro atoms. The lowest BCUT2D eigenvalue weighted by molar-refractivity contribution is 0.411. The summed E-state index contributed by atoms with van der Waals surface area (Å²) in [5, 5.41) is 19.9. The van der Waals surface area contributed by atoms with Gasteiger partial charge in [-0.3, -0.25) is 0 Å². The molecule has 0 atom stereocenters. The number of fused-ring (bicyclic) bond motifs is 1. The third-order valence-electron chi connectivity index (χ3n) is 2.19. The van der Waals surface area contributed by atoms with Crippen molar-refractivity contribution in [2.24, 2.45) is 0 Å². The first-order valence-electron chi connectivity index (χ1n) is 4.38. The number of phenolic OH excluding ortho intramolecular Hbond substituents is 1. The summed E-state index contributed by atoms with van der Waals surface area (Å²) < 4.78 is 4.72. The molecule has 2 aromatic carbocycles. The van der Waals surface area contributed by atoms with Crippen molar-refractivity contribution in [3.05, 3.63) is 34.3 Å². The molecule has 0 heterocycles. The van der Waals surface area contributed by atoms with E-state index in [1.165, 1.54) is 0 Å². The molecule has 6 heteroatoms. The van der Waals surface area contributed by atoms with Gasteiger partial charge in [0.25, 0.3) is 0 Å². The van der Waals surface area contributed by atoms with Crippen LogP contribution in [0.25, 0.3) is 10.8 Å². The van der Waals surface area contributed by atoms with Crippen LogP contribution in [0, 0.1) is 0 Å². The number of hydrogen-bond donors (Lipinski definition) is 2. The van der Waals surface area contributed by atoms with Gasteiger partial charge in [-0.15, -0.1) is 0 Å². The molecule has 0 aliphatic carbocycles. The zero-order valence-electron chi connectivity index (χ0n) is 7.95. The van der Waals surface area contributed by atoms with Gasteiger partial charge in [0.05, 0.1) is 10.0 Å². The molecule has 2 N–H and O–H groups in total. The van der Waals surface area contributed by atoms with E-state index in [0.29, 0.717) is 18.5 Å². The predicted octanol–water partition coefficient (Wildman–Crippen LogP) is 2.76. The van der Waals surface area contributed by atoms with E-state index in [-0.39, 0.29) is 21.5 Å². The average molecular weight is 256 g/mol. The zero-order chi connectivity index (χ0) is 11.7. The van der Waals surface area contributed by atoms with Crippen LogP contribution in [0.2, 0.25) is 10.0 Å². The third kappa shape index (κ3) is 1.69. The van der Waals surface area contributed by atoms with Crippen LogP contribution >= 0.6 is 23.2 Å². The fraction of sp³-hybridized carbons (Fsp3) is 0. The molecule has 0 aliphatic heterocycles. The van der Waals surface area contributed by atoms with Crippen molar-refractivity contribution in [1.29, 1.82) is 0 Å². The van der Waals surface area contributed by atoms with E-state index in [2.05, 4.69) is 0 Å². The SMILES string of the molecule is O[B]Oc1c(O)c(Cl)c2ccccc2c1Cl. The van der Waals surface area contributed by atoms with Crippen LogP contribution in [-0.4, -0.2) is 17.8 Å². The predicted molar refractivity (Wildman–Crippen MR) is 64.2 cm³/mol. The molecule has 0 aromatic heterocycles. The molecule has 0 saturated carbocycles. The minimum absolute atomic E-state index is 0.0622. The summed E-state index contributed by atoms with van der Waals surface area (Å²) in [6.45, 7) is 0. The molecule has 0 fully saturated rings. The maximum Gasteiger partial charge on any atom is 0.569 e. The van der Waals surface area contributed by atoms with Gasteiger partial charge in [0, 0.05) is 10.8 Å². The first-order valence-corrected chi connectivity index (χ1v) is 5.13. The van der Waals surface area contributed by atoms with Gasteiger partial charge in [-0.2, -0.15) is 0 Å². The summed E-state index contributed by atoms with van der Waals surface area (Å²) in [5.41, 5.74) is 0. The Balaban J connectivity index is 2.83. The van der Waals surface area contributed by atoms with Gasteiger partial charge in [0.15, 0.2) is 11.5 Å². The fourth-order valence-corrected chi connectivity index (χ4v) is 2.03. The van der Waals surface area contributed by atoms with E-state index < -0.39 is 0 Å². The number of hydrogen-bond acceptors (Lipinski definition) is 3. The maximum absolute atomic E-state index is 9.74. The summed E-state index contributed by atoms with van der Waals surface area (Å²) in [5.74, 6) is -0.358. The monoisotopic (exact) mass is 255 g/mol. The Bertz CT molecular complexity index is 545. The van der Waals surface area contributed by atoms with Gasteiger partial charge in [-0.1, -0.05) is 47.5 Å². The van der Waals surface area contributed by atoms with Gasteiger partial charge in [-0.05, 0) is 0 Å². The Hall–Kier alpha value is -1.10. The highest BCUT2D eigenvalue weighted by molar-refractivity contribution is 6.43. The quantitative estimate of drug-likeness (QED) is 0.812. The second-order valence-corrected chi connectivity index (χ2v) is 3.83. The molecule has 0 unspecified atom stereocenters. The van der Waals surface area contributed by atoms with Crippen molar-refractivity contribution >= 4 is 41.7 Å². The Morgan fingerprint density at radius 2 is 1.62 bits per heavy atom. The molecule has 16 heavy (non-hydrogen) atoms. The van der Waals surface area contributed by atoms with E-state index >= 15 is 0 Å². The van der Waals surface area contributed by atoms with Crippen LogP contribution in [0.1, 0.15) is 0 Å². The van der Waals surface area contributed by atoms with E-state index in [9.17, 15) is 5.11 Å². The average Bonchev–Trinajstić information content (AvgIpc) is 2.32. The number of rotatable bonds is 2. The van der Waals surface area contributed by atoms with Crippen molar-refractivity contribution < 1.29 is 14.8 Å². The molecule has 2 rings (SSSR count). The summed E-state index contributed by atoms with van der Waals surface area (Å²) >= 11 is 12.0. The lowest BCUT2D eigenvalue weighted by atomic mass is 10.1. The third-order valence-corrected chi connectivity index (χ3v) is 2.95. The van der Waals surface area contributed by atoms with Crippen LogP contribution in [0.5, 0.6) is 11.5 Å². The number of phenols is 1. The van der Waals surface area contributed by atoms with E-state index in [0.717, 1.165) is 0 Å². The smallest absolute Gasteiger partial charge is 0.534 e. The van der Waals surface area contributed by atoms with Crippen molar-refractivity contribution in [3.8, 4) is 11.5 Å². The number of halogens is 2. The van der Waals surface area contributed by atoms with Crippen molar-refractivity contribution in [2.75, 3.05) is 0 Å². The minimum atomic E-state index is -0.296. The van der Waals surface area contributed by atoms with Crippen LogP contribution in [0.4, 0.5) is 0 Å². The normalized spacial score (nSPS) is 10.4. The first-order chi connectivity index (χ1) is 7.66. The second-order valence-electron chi connectivity index (χ2n) is 3.07. The van der Waals surface area contributed by atoms with E-state index in [4.69, 9.17) is 32.9 Å². The molecule has 1 radical (unpaired) electrons.